The van der Waals surface area contributed by atoms with Gasteiger partial charge in [0.15, 0.2) is 0 Å². The lowest BCUT2D eigenvalue weighted by Gasteiger charge is -2.32. The van der Waals surface area contributed by atoms with Crippen molar-refractivity contribution in [3.8, 4) is 5.75 Å². The normalized spacial score (nSPS) is 25.0. The number of carbonyl (C=O) groups excluding carboxylic acids is 1. The van der Waals surface area contributed by atoms with E-state index in [1.54, 1.807) is 0 Å². The number of aliphatic hydroxyl groups is 1. The van der Waals surface area contributed by atoms with Crippen LogP contribution >= 0.6 is 0 Å². The third-order valence-corrected chi connectivity index (χ3v) is 4.16. The van der Waals surface area contributed by atoms with Gasteiger partial charge in [-0.1, -0.05) is 12.1 Å². The molecule has 0 aliphatic heterocycles. The second kappa shape index (κ2) is 6.01. The smallest absolute Gasteiger partial charge is 0.381 e. The molecule has 1 aliphatic carbocycles. The average Bonchev–Trinajstić information content (AvgIpc) is 2.57. The molecule has 1 atom stereocenters. The van der Waals surface area contributed by atoms with Crippen LogP contribution in [0.4, 0.5) is 39.5 Å². The van der Waals surface area contributed by atoms with E-state index < -0.39 is 53.4 Å². The summed E-state index contributed by atoms with van der Waals surface area (Å²) in [5.41, 5.74) is -6.36. The van der Waals surface area contributed by atoms with Crippen molar-refractivity contribution in [2.45, 2.75) is 48.8 Å². The number of esters is 1. The average molecular weight is 410 g/mol. The number of aliphatic hydroxyl groups excluding tert-OH is 1. The van der Waals surface area contributed by atoms with Crippen molar-refractivity contribution in [2.75, 3.05) is 0 Å². The first-order chi connectivity index (χ1) is 12.0. The van der Waals surface area contributed by atoms with E-state index in [9.17, 15) is 49.4 Å². The van der Waals surface area contributed by atoms with E-state index in [2.05, 4.69) is 4.74 Å². The van der Waals surface area contributed by atoms with Crippen molar-refractivity contribution < 1.29 is 54.2 Å². The molecule has 0 radical (unpaired) electrons. The molecule has 27 heavy (non-hydrogen) atoms. The van der Waals surface area contributed by atoms with Crippen LogP contribution in [0.15, 0.2) is 24.3 Å². The van der Waals surface area contributed by atoms with Crippen LogP contribution in [0.2, 0.25) is 0 Å². The molecule has 2 rings (SSSR count). The molecule has 1 aromatic rings. The molecular weight excluding hydrogens is 399 g/mol. The first kappa shape index (κ1) is 21.3. The maximum atomic E-state index is 14.4. The monoisotopic (exact) mass is 410 g/mol. The fourth-order valence-corrected chi connectivity index (χ4v) is 2.68. The van der Waals surface area contributed by atoms with E-state index in [4.69, 9.17) is 0 Å². The lowest BCUT2D eigenvalue weighted by molar-refractivity contribution is -0.303. The Balaban J connectivity index is 2.44. The second-order valence-corrected chi connectivity index (χ2v) is 5.98. The highest BCUT2D eigenvalue weighted by molar-refractivity contribution is 5.69. The third kappa shape index (κ3) is 2.67. The zero-order chi connectivity index (χ0) is 21.1. The predicted octanol–water partition coefficient (Wildman–Crippen LogP) is 4.30. The number of alkyl halides is 9. The quantitative estimate of drug-likeness (QED) is 0.458. The Bertz CT molecular complexity index is 722. The Morgan fingerprint density at radius 1 is 0.963 bits per heavy atom. The Labute approximate surface area is 145 Å². The van der Waals surface area contributed by atoms with Crippen LogP contribution in [-0.4, -0.2) is 40.4 Å². The molecule has 1 saturated carbocycles. The summed E-state index contributed by atoms with van der Waals surface area (Å²) in [5, 5.41) is 9.77. The van der Waals surface area contributed by atoms with Crippen molar-refractivity contribution in [1.82, 2.24) is 0 Å². The highest BCUT2D eigenvalue weighted by Crippen LogP contribution is 2.70. The fraction of sp³-hybridized carbons (Fsp3) is 0.533. The summed E-state index contributed by atoms with van der Waals surface area (Å²) in [4.78, 5) is 10.8. The molecule has 1 aliphatic rings. The molecule has 1 fully saturated rings. The summed E-state index contributed by atoms with van der Waals surface area (Å²) in [6, 6.07) is 3.78. The van der Waals surface area contributed by atoms with Gasteiger partial charge in [0, 0.05) is 13.3 Å². The minimum atomic E-state index is -6.70. The van der Waals surface area contributed by atoms with Gasteiger partial charge in [0.1, 0.15) is 5.75 Å². The Kier molecular flexibility index (Phi) is 4.75. The van der Waals surface area contributed by atoms with Gasteiger partial charge >= 0.3 is 29.7 Å². The Morgan fingerprint density at radius 3 is 1.89 bits per heavy atom. The fourth-order valence-electron chi connectivity index (χ4n) is 2.68. The van der Waals surface area contributed by atoms with Crippen molar-refractivity contribution >= 4 is 5.97 Å². The summed E-state index contributed by atoms with van der Waals surface area (Å²) < 4.78 is 126. The molecule has 0 aromatic heterocycles. The van der Waals surface area contributed by atoms with Crippen LogP contribution < -0.4 is 4.74 Å². The molecule has 1 N–H and O–H groups in total. The van der Waals surface area contributed by atoms with Gasteiger partial charge in [-0.05, 0) is 17.7 Å². The van der Waals surface area contributed by atoms with Crippen LogP contribution in [0.1, 0.15) is 25.0 Å². The molecule has 0 heterocycles. The van der Waals surface area contributed by atoms with E-state index in [1.807, 2.05) is 0 Å². The highest BCUT2D eigenvalue weighted by atomic mass is 19.4. The van der Waals surface area contributed by atoms with Gasteiger partial charge in [-0.2, -0.15) is 35.1 Å². The van der Waals surface area contributed by atoms with Crippen LogP contribution in [0, 0.1) is 0 Å². The van der Waals surface area contributed by atoms with Gasteiger partial charge in [0.2, 0.25) is 0 Å². The third-order valence-electron chi connectivity index (χ3n) is 4.16. The largest absolute Gasteiger partial charge is 0.427 e. The summed E-state index contributed by atoms with van der Waals surface area (Å²) in [6.45, 7) is 0.962. The minimum Gasteiger partial charge on any atom is -0.427 e. The predicted molar refractivity (Wildman–Crippen MR) is 71.0 cm³/mol. The molecule has 1 aromatic carbocycles. The van der Waals surface area contributed by atoms with Crippen molar-refractivity contribution in [3.63, 3.8) is 0 Å². The maximum Gasteiger partial charge on any atom is 0.381 e. The minimum absolute atomic E-state index is 0.312. The summed E-state index contributed by atoms with van der Waals surface area (Å²) in [6.07, 6.45) is -5.09. The van der Waals surface area contributed by atoms with Gasteiger partial charge in [-0.25, -0.2) is 4.39 Å². The van der Waals surface area contributed by atoms with Gasteiger partial charge in [0.05, 0.1) is 6.10 Å². The van der Waals surface area contributed by atoms with Crippen LogP contribution in [-0.2, 0) is 4.79 Å². The van der Waals surface area contributed by atoms with E-state index in [0.717, 1.165) is 31.2 Å². The number of ether oxygens (including phenoxy) is 1. The zero-order valence-corrected chi connectivity index (χ0v) is 13.3. The SMILES string of the molecule is CC(=O)Oc1cccc(C(O)CC2(F)C(F)(F)C(F)(F)C(F)(F)C2(F)F)c1. The molecule has 1 unspecified atom stereocenters. The van der Waals surface area contributed by atoms with Gasteiger partial charge in [0.25, 0.3) is 5.67 Å². The summed E-state index contributed by atoms with van der Waals surface area (Å²) in [7, 11) is 0. The van der Waals surface area contributed by atoms with E-state index in [1.165, 1.54) is 0 Å². The maximum absolute atomic E-state index is 14.4. The molecule has 0 saturated heterocycles. The molecule has 152 valence electrons. The lowest BCUT2D eigenvalue weighted by atomic mass is 9.88. The molecule has 12 heteroatoms. The van der Waals surface area contributed by atoms with Crippen LogP contribution in [0.3, 0.4) is 0 Å². The van der Waals surface area contributed by atoms with E-state index in [0.29, 0.717) is 0 Å². The molecule has 0 spiro atoms. The van der Waals surface area contributed by atoms with Crippen LogP contribution in [0.5, 0.6) is 5.75 Å². The number of halogens is 9. The molecule has 3 nitrogen and oxygen atoms in total. The van der Waals surface area contributed by atoms with Crippen molar-refractivity contribution in [2.24, 2.45) is 0 Å². The number of rotatable bonds is 4. The van der Waals surface area contributed by atoms with E-state index >= 15 is 0 Å². The van der Waals surface area contributed by atoms with E-state index in [-0.39, 0.29) is 5.75 Å². The summed E-state index contributed by atoms with van der Waals surface area (Å²) >= 11 is 0. The van der Waals surface area contributed by atoms with Gasteiger partial charge in [-0.15, -0.1) is 0 Å². The number of benzene rings is 1. The first-order valence-electron chi connectivity index (χ1n) is 7.19. The molecule has 0 bridgehead atoms. The highest BCUT2D eigenvalue weighted by Gasteiger charge is 3.00. The summed E-state index contributed by atoms with van der Waals surface area (Å²) in [5.74, 6) is -27.5. The Hall–Kier alpha value is -1.98. The molecule has 0 amide bonds. The Morgan fingerprint density at radius 2 is 1.44 bits per heavy atom. The zero-order valence-electron chi connectivity index (χ0n) is 13.3. The van der Waals surface area contributed by atoms with Gasteiger partial charge in [-0.3, -0.25) is 4.79 Å². The number of hydrogen-bond acceptors (Lipinski definition) is 3. The number of carbonyl (C=O) groups is 1. The second-order valence-electron chi connectivity index (χ2n) is 5.98. The lowest BCUT2D eigenvalue weighted by Crippen LogP contribution is -2.55. The van der Waals surface area contributed by atoms with Crippen LogP contribution in [0.25, 0.3) is 0 Å². The standard InChI is InChI=1S/C15H11F9O3/c1-7(25)27-9-4-2-3-8(5-9)10(26)6-11(16)12(17,18)14(21,22)15(23,24)13(11,19)20/h2-5,10,26H,6H2,1H3. The number of hydrogen-bond donors (Lipinski definition) is 1. The van der Waals surface area contributed by atoms with Crippen molar-refractivity contribution in [1.29, 1.82) is 0 Å². The van der Waals surface area contributed by atoms with Crippen molar-refractivity contribution in [3.05, 3.63) is 29.8 Å². The topological polar surface area (TPSA) is 46.5 Å². The van der Waals surface area contributed by atoms with Gasteiger partial charge < -0.3 is 9.84 Å². The molecular formula is C15H11F9O3. The first-order valence-corrected chi connectivity index (χ1v) is 7.19.